The fourth-order valence-corrected chi connectivity index (χ4v) is 1.71. The molecule has 0 aliphatic carbocycles. The monoisotopic (exact) mass is 268 g/mol. The maximum Gasteiger partial charge on any atom is 0.313 e. The van der Waals surface area contributed by atoms with Gasteiger partial charge in [-0.05, 0) is 25.0 Å². The van der Waals surface area contributed by atoms with Crippen LogP contribution in [0.3, 0.4) is 0 Å². The van der Waals surface area contributed by atoms with Crippen LogP contribution in [0.4, 0.5) is 0 Å². The molecule has 0 aliphatic heterocycles. The predicted octanol–water partition coefficient (Wildman–Crippen LogP) is 2.27. The minimum absolute atomic E-state index is 0.166. The molecule has 0 bridgehead atoms. The number of carbonyl (C=O) groups is 2. The van der Waals surface area contributed by atoms with Gasteiger partial charge in [0.15, 0.2) is 0 Å². The topological polar surface area (TPSA) is 65.7 Å². The molecule has 0 aliphatic rings. The van der Waals surface area contributed by atoms with E-state index in [9.17, 15) is 9.59 Å². The van der Waals surface area contributed by atoms with Crippen molar-refractivity contribution in [2.45, 2.75) is 38.5 Å². The van der Waals surface area contributed by atoms with Crippen LogP contribution in [0.1, 0.15) is 37.2 Å². The summed E-state index contributed by atoms with van der Waals surface area (Å²) in [5.41, 5.74) is 0. The summed E-state index contributed by atoms with van der Waals surface area (Å²) < 4.78 is 14.6. The third-order valence-electron chi connectivity index (χ3n) is 2.80. The van der Waals surface area contributed by atoms with Crippen LogP contribution in [0.25, 0.3) is 0 Å². The zero-order chi connectivity index (χ0) is 14.1. The zero-order valence-corrected chi connectivity index (χ0v) is 11.4. The van der Waals surface area contributed by atoms with Gasteiger partial charge in [0.1, 0.15) is 17.9 Å². The molecule has 0 fully saturated rings. The Morgan fingerprint density at radius 1 is 1.00 bits per heavy atom. The van der Waals surface area contributed by atoms with Crippen molar-refractivity contribution in [2.75, 3.05) is 14.2 Å². The number of rotatable bonds is 8. The Bertz CT molecular complexity index is 408. The van der Waals surface area contributed by atoms with E-state index in [1.807, 2.05) is 6.07 Å². The Morgan fingerprint density at radius 3 is 2.37 bits per heavy atom. The highest BCUT2D eigenvalue weighted by atomic mass is 16.5. The Morgan fingerprint density at radius 2 is 1.68 bits per heavy atom. The Balaban J connectivity index is 2.19. The van der Waals surface area contributed by atoms with Crippen LogP contribution in [0.2, 0.25) is 0 Å². The molecule has 1 aromatic rings. The van der Waals surface area contributed by atoms with Crippen molar-refractivity contribution < 1.29 is 23.5 Å². The summed E-state index contributed by atoms with van der Waals surface area (Å²) in [4.78, 5) is 22.0. The Kier molecular flexibility index (Phi) is 6.71. The predicted molar refractivity (Wildman–Crippen MR) is 68.6 cm³/mol. The van der Waals surface area contributed by atoms with E-state index in [1.54, 1.807) is 6.07 Å². The van der Waals surface area contributed by atoms with E-state index in [1.165, 1.54) is 14.2 Å². The van der Waals surface area contributed by atoms with Gasteiger partial charge in [0.25, 0.3) is 0 Å². The lowest BCUT2D eigenvalue weighted by molar-refractivity contribution is -0.141. The molecule has 106 valence electrons. The van der Waals surface area contributed by atoms with Crippen molar-refractivity contribution in [1.82, 2.24) is 0 Å². The number of carbonyl (C=O) groups excluding carboxylic acids is 2. The zero-order valence-electron chi connectivity index (χ0n) is 11.4. The van der Waals surface area contributed by atoms with Crippen LogP contribution in [0.15, 0.2) is 16.5 Å². The molecular formula is C14H20O5. The van der Waals surface area contributed by atoms with Gasteiger partial charge in [-0.1, -0.05) is 6.42 Å². The van der Waals surface area contributed by atoms with Gasteiger partial charge in [-0.15, -0.1) is 0 Å². The molecule has 5 nitrogen and oxygen atoms in total. The normalized spacial score (nSPS) is 10.2. The van der Waals surface area contributed by atoms with Crippen molar-refractivity contribution in [3.63, 3.8) is 0 Å². The van der Waals surface area contributed by atoms with Gasteiger partial charge in [-0.25, -0.2) is 0 Å². The molecule has 5 heteroatoms. The smallest absolute Gasteiger partial charge is 0.313 e. The quantitative estimate of drug-likeness (QED) is 0.534. The van der Waals surface area contributed by atoms with Crippen molar-refractivity contribution in [1.29, 1.82) is 0 Å². The highest BCUT2D eigenvalue weighted by Gasteiger charge is 2.07. The van der Waals surface area contributed by atoms with Gasteiger partial charge in [-0.2, -0.15) is 0 Å². The molecular weight excluding hydrogens is 248 g/mol. The second-order valence-electron chi connectivity index (χ2n) is 4.26. The number of furan rings is 1. The lowest BCUT2D eigenvalue weighted by Gasteiger charge is -1.99. The number of ether oxygens (including phenoxy) is 2. The molecule has 0 saturated carbocycles. The molecule has 19 heavy (non-hydrogen) atoms. The van der Waals surface area contributed by atoms with Crippen molar-refractivity contribution in [3.05, 3.63) is 23.7 Å². The third-order valence-corrected chi connectivity index (χ3v) is 2.80. The van der Waals surface area contributed by atoms with E-state index >= 15 is 0 Å². The molecule has 0 aromatic carbocycles. The second-order valence-corrected chi connectivity index (χ2v) is 4.26. The van der Waals surface area contributed by atoms with Crippen LogP contribution in [-0.2, 0) is 31.9 Å². The molecule has 1 aromatic heterocycles. The average Bonchev–Trinajstić information content (AvgIpc) is 2.85. The summed E-state index contributed by atoms with van der Waals surface area (Å²) in [5.74, 6) is 1.01. The maximum atomic E-state index is 11.1. The Hall–Kier alpha value is -1.78. The number of methoxy groups -OCH3 is 2. The molecule has 0 spiro atoms. The van der Waals surface area contributed by atoms with Crippen LogP contribution < -0.4 is 0 Å². The summed E-state index contributed by atoms with van der Waals surface area (Å²) in [5, 5.41) is 0. The minimum atomic E-state index is -0.307. The summed E-state index contributed by atoms with van der Waals surface area (Å²) >= 11 is 0. The van der Waals surface area contributed by atoms with E-state index < -0.39 is 0 Å². The van der Waals surface area contributed by atoms with Crippen LogP contribution in [0.5, 0.6) is 0 Å². The minimum Gasteiger partial charge on any atom is -0.469 e. The first-order valence-electron chi connectivity index (χ1n) is 6.37. The number of unbranched alkanes of at least 4 members (excludes halogenated alkanes) is 2. The van der Waals surface area contributed by atoms with E-state index in [0.717, 1.165) is 31.4 Å². The fraction of sp³-hybridized carbons (Fsp3) is 0.571. The standard InChI is InChI=1S/C14H20O5/c1-17-13(15)7-5-3-4-6-11-8-9-12(19-11)10-14(16)18-2/h8-9H,3-7,10H2,1-2H3. The van der Waals surface area contributed by atoms with Gasteiger partial charge in [0.2, 0.25) is 0 Å². The molecule has 0 atom stereocenters. The lowest BCUT2D eigenvalue weighted by atomic mass is 10.1. The van der Waals surface area contributed by atoms with E-state index in [2.05, 4.69) is 9.47 Å². The lowest BCUT2D eigenvalue weighted by Crippen LogP contribution is -2.03. The van der Waals surface area contributed by atoms with E-state index in [-0.39, 0.29) is 18.4 Å². The summed E-state index contributed by atoms with van der Waals surface area (Å²) in [6.45, 7) is 0. The van der Waals surface area contributed by atoms with Crippen molar-refractivity contribution in [3.8, 4) is 0 Å². The van der Waals surface area contributed by atoms with Crippen LogP contribution in [0, 0.1) is 0 Å². The van der Waals surface area contributed by atoms with Gasteiger partial charge >= 0.3 is 11.9 Å². The second kappa shape index (κ2) is 8.34. The van der Waals surface area contributed by atoms with Crippen molar-refractivity contribution >= 4 is 11.9 Å². The average molecular weight is 268 g/mol. The number of hydrogen-bond donors (Lipinski definition) is 0. The summed E-state index contributed by atoms with van der Waals surface area (Å²) in [6, 6.07) is 3.67. The van der Waals surface area contributed by atoms with Crippen molar-refractivity contribution in [2.24, 2.45) is 0 Å². The third kappa shape index (κ3) is 6.08. The summed E-state index contributed by atoms with van der Waals surface area (Å²) in [6.07, 6.45) is 4.15. The molecule has 0 radical (unpaired) electrons. The maximum absolute atomic E-state index is 11.1. The van der Waals surface area contributed by atoms with Gasteiger partial charge in [0, 0.05) is 12.8 Å². The first kappa shape index (κ1) is 15.3. The highest BCUT2D eigenvalue weighted by Crippen LogP contribution is 2.13. The van der Waals surface area contributed by atoms with Gasteiger partial charge in [0.05, 0.1) is 14.2 Å². The number of esters is 2. The molecule has 1 rings (SSSR count). The largest absolute Gasteiger partial charge is 0.469 e. The SMILES string of the molecule is COC(=O)CCCCCc1ccc(CC(=O)OC)o1. The fourth-order valence-electron chi connectivity index (χ4n) is 1.71. The van der Waals surface area contributed by atoms with Crippen LogP contribution >= 0.6 is 0 Å². The van der Waals surface area contributed by atoms with E-state index in [4.69, 9.17) is 4.42 Å². The van der Waals surface area contributed by atoms with Crippen LogP contribution in [-0.4, -0.2) is 26.2 Å². The number of aryl methyl sites for hydroxylation is 1. The first-order chi connectivity index (χ1) is 9.15. The summed E-state index contributed by atoms with van der Waals surface area (Å²) in [7, 11) is 2.75. The molecule has 1 heterocycles. The Labute approximate surface area is 112 Å². The molecule has 0 N–H and O–H groups in total. The molecule has 0 saturated heterocycles. The first-order valence-corrected chi connectivity index (χ1v) is 6.37. The van der Waals surface area contributed by atoms with Gasteiger partial charge in [-0.3, -0.25) is 9.59 Å². The van der Waals surface area contributed by atoms with Gasteiger partial charge < -0.3 is 13.9 Å². The molecule has 0 unspecified atom stereocenters. The molecule has 0 amide bonds. The highest BCUT2D eigenvalue weighted by molar-refractivity contribution is 5.71. The van der Waals surface area contributed by atoms with E-state index in [0.29, 0.717) is 12.2 Å². The number of hydrogen-bond acceptors (Lipinski definition) is 5.